The minimum atomic E-state index is -0.879. The lowest BCUT2D eigenvalue weighted by Gasteiger charge is -2.28. The fraction of sp³-hybridized carbons (Fsp3) is 0.417. The largest absolute Gasteiger partial charge is 0.350 e. The molecule has 31 heavy (non-hydrogen) atoms. The van der Waals surface area contributed by atoms with Crippen LogP contribution in [0.4, 0.5) is 4.39 Å². The maximum atomic E-state index is 14.4. The van der Waals surface area contributed by atoms with Crippen molar-refractivity contribution in [2.24, 2.45) is 0 Å². The Bertz CT molecular complexity index is 940. The molecular weight excluding hydrogens is 461 g/mol. The average Bonchev–Trinajstić information content (AvgIpc) is 3.58. The Hall–Kier alpha value is -2.25. The maximum Gasteiger partial charge on any atom is 0.243 e. The molecule has 3 N–H and O–H groups in total. The molecule has 2 aromatic rings. The van der Waals surface area contributed by atoms with Crippen molar-refractivity contribution in [1.29, 1.82) is 0 Å². The predicted molar refractivity (Wildman–Crippen MR) is 121 cm³/mol. The number of nitrogens with one attached hydrogen (secondary N) is 3. The Kier molecular flexibility index (Phi) is 6.72. The summed E-state index contributed by atoms with van der Waals surface area (Å²) in [6, 6.07) is 13.4. The van der Waals surface area contributed by atoms with Crippen LogP contribution in [0.1, 0.15) is 36.8 Å². The summed E-state index contributed by atoms with van der Waals surface area (Å²) in [4.78, 5) is 26.4. The number of carbonyl (C=O) groups excluding carboxylic acids is 2. The van der Waals surface area contributed by atoms with Crippen molar-refractivity contribution >= 4 is 27.7 Å². The first-order valence-electron chi connectivity index (χ1n) is 10.8. The molecule has 1 saturated carbocycles. The zero-order chi connectivity index (χ0) is 21.8. The van der Waals surface area contributed by atoms with Crippen molar-refractivity contribution in [1.82, 2.24) is 16.0 Å². The Morgan fingerprint density at radius 2 is 1.90 bits per heavy atom. The van der Waals surface area contributed by atoms with Crippen LogP contribution in [0.15, 0.2) is 53.0 Å². The summed E-state index contributed by atoms with van der Waals surface area (Å²) >= 11 is 3.42. The molecule has 1 saturated heterocycles. The van der Waals surface area contributed by atoms with Gasteiger partial charge in [0, 0.05) is 29.0 Å². The van der Waals surface area contributed by atoms with Gasteiger partial charge in [0.2, 0.25) is 11.8 Å². The SMILES string of the molecule is O=C(N[C@@H]1CCCNC1)[C@H](Cc1ccc(Br)cc1)NC(=O)C1(c2ccccc2F)CC1. The topological polar surface area (TPSA) is 70.2 Å². The van der Waals surface area contributed by atoms with Gasteiger partial charge in [0.05, 0.1) is 5.41 Å². The van der Waals surface area contributed by atoms with Crippen LogP contribution < -0.4 is 16.0 Å². The van der Waals surface area contributed by atoms with E-state index in [1.54, 1.807) is 18.2 Å². The molecule has 0 aromatic heterocycles. The number of rotatable bonds is 7. The Labute approximate surface area is 190 Å². The number of halogens is 2. The number of amides is 2. The third-order valence-corrected chi connectivity index (χ3v) is 6.72. The van der Waals surface area contributed by atoms with Gasteiger partial charge >= 0.3 is 0 Å². The third-order valence-electron chi connectivity index (χ3n) is 6.19. The van der Waals surface area contributed by atoms with Crippen LogP contribution >= 0.6 is 15.9 Å². The van der Waals surface area contributed by atoms with Crippen molar-refractivity contribution in [3.63, 3.8) is 0 Å². The summed E-state index contributed by atoms with van der Waals surface area (Å²) in [5.41, 5.74) is 0.476. The van der Waals surface area contributed by atoms with Crippen LogP contribution in [0.25, 0.3) is 0 Å². The van der Waals surface area contributed by atoms with Gasteiger partial charge in [0.15, 0.2) is 0 Å². The highest BCUT2D eigenvalue weighted by atomic mass is 79.9. The molecule has 1 aliphatic carbocycles. The highest BCUT2D eigenvalue weighted by molar-refractivity contribution is 9.10. The van der Waals surface area contributed by atoms with E-state index in [-0.39, 0.29) is 23.7 Å². The van der Waals surface area contributed by atoms with Gasteiger partial charge in [-0.3, -0.25) is 9.59 Å². The molecule has 0 bridgehead atoms. The summed E-state index contributed by atoms with van der Waals surface area (Å²) in [6.45, 7) is 1.68. The molecule has 5 nitrogen and oxygen atoms in total. The minimum absolute atomic E-state index is 0.0482. The molecule has 2 aromatic carbocycles. The van der Waals surface area contributed by atoms with Gasteiger partial charge in [-0.1, -0.05) is 46.3 Å². The van der Waals surface area contributed by atoms with Gasteiger partial charge in [-0.2, -0.15) is 0 Å². The second-order valence-electron chi connectivity index (χ2n) is 8.47. The molecule has 2 aliphatic rings. The zero-order valence-electron chi connectivity index (χ0n) is 17.3. The van der Waals surface area contributed by atoms with Crippen LogP contribution in [0.3, 0.4) is 0 Å². The second-order valence-corrected chi connectivity index (χ2v) is 9.39. The summed E-state index contributed by atoms with van der Waals surface area (Å²) in [6.07, 6.45) is 3.46. The maximum absolute atomic E-state index is 14.4. The van der Waals surface area contributed by atoms with E-state index in [0.29, 0.717) is 24.8 Å². The normalized spacial score (nSPS) is 20.5. The van der Waals surface area contributed by atoms with Gasteiger partial charge in [-0.15, -0.1) is 0 Å². The fourth-order valence-electron chi connectivity index (χ4n) is 4.23. The van der Waals surface area contributed by atoms with E-state index in [4.69, 9.17) is 0 Å². The first-order valence-corrected chi connectivity index (χ1v) is 11.6. The number of hydrogen-bond donors (Lipinski definition) is 3. The van der Waals surface area contributed by atoms with E-state index in [2.05, 4.69) is 31.9 Å². The molecule has 0 spiro atoms. The second kappa shape index (κ2) is 9.49. The lowest BCUT2D eigenvalue weighted by atomic mass is 9.93. The van der Waals surface area contributed by atoms with Gasteiger partial charge in [0.1, 0.15) is 11.9 Å². The molecule has 7 heteroatoms. The molecule has 2 fully saturated rings. The summed E-state index contributed by atoms with van der Waals surface area (Å²) in [5, 5.41) is 9.32. The number of carbonyl (C=O) groups is 2. The number of piperidine rings is 1. The Balaban J connectivity index is 1.51. The van der Waals surface area contributed by atoms with Crippen LogP contribution in [0, 0.1) is 5.82 Å². The average molecular weight is 488 g/mol. The van der Waals surface area contributed by atoms with Gasteiger partial charge in [-0.05, 0) is 56.0 Å². The minimum Gasteiger partial charge on any atom is -0.350 e. The van der Waals surface area contributed by atoms with Crippen LogP contribution in [-0.2, 0) is 21.4 Å². The first kappa shape index (κ1) is 22.0. The van der Waals surface area contributed by atoms with Crippen LogP contribution in [-0.4, -0.2) is 37.0 Å². The van der Waals surface area contributed by atoms with Crippen molar-refractivity contribution in [2.75, 3.05) is 13.1 Å². The fourth-order valence-corrected chi connectivity index (χ4v) is 4.50. The summed E-state index contributed by atoms with van der Waals surface area (Å²) < 4.78 is 15.4. The zero-order valence-corrected chi connectivity index (χ0v) is 18.9. The lowest BCUT2D eigenvalue weighted by Crippen LogP contribution is -2.55. The third kappa shape index (κ3) is 5.15. The smallest absolute Gasteiger partial charge is 0.243 e. The van der Waals surface area contributed by atoms with Crippen molar-refractivity contribution < 1.29 is 14.0 Å². The molecule has 0 radical (unpaired) electrons. The van der Waals surface area contributed by atoms with Crippen LogP contribution in [0.5, 0.6) is 0 Å². The molecule has 4 rings (SSSR count). The summed E-state index contributed by atoms with van der Waals surface area (Å²) in [5.74, 6) is -0.858. The quantitative estimate of drug-likeness (QED) is 0.561. The van der Waals surface area contributed by atoms with E-state index in [9.17, 15) is 14.0 Å². The molecule has 1 aliphatic heterocycles. The molecule has 164 valence electrons. The Morgan fingerprint density at radius 1 is 1.16 bits per heavy atom. The number of benzene rings is 2. The Morgan fingerprint density at radius 3 is 2.55 bits per heavy atom. The highest BCUT2D eigenvalue weighted by Crippen LogP contribution is 2.49. The monoisotopic (exact) mass is 487 g/mol. The molecule has 2 amide bonds. The van der Waals surface area contributed by atoms with Gasteiger partial charge in [0.25, 0.3) is 0 Å². The van der Waals surface area contributed by atoms with Gasteiger partial charge < -0.3 is 16.0 Å². The number of hydrogen-bond acceptors (Lipinski definition) is 3. The van der Waals surface area contributed by atoms with E-state index in [1.807, 2.05) is 24.3 Å². The highest BCUT2D eigenvalue weighted by Gasteiger charge is 2.53. The molecule has 2 atom stereocenters. The van der Waals surface area contributed by atoms with Crippen molar-refractivity contribution in [3.8, 4) is 0 Å². The molecule has 0 unspecified atom stereocenters. The lowest BCUT2D eigenvalue weighted by molar-refractivity contribution is -0.130. The molecular formula is C24H27BrFN3O2. The van der Waals surface area contributed by atoms with Crippen molar-refractivity contribution in [2.45, 2.75) is 49.6 Å². The van der Waals surface area contributed by atoms with Crippen molar-refractivity contribution in [3.05, 3.63) is 69.9 Å². The first-order chi connectivity index (χ1) is 15.0. The standard InChI is InChI=1S/C24H27BrFN3O2/c25-17-9-7-16(8-10-17)14-21(22(30)28-18-4-3-13-27-15-18)29-23(31)24(11-12-24)19-5-1-2-6-20(19)26/h1-2,5-10,18,21,27H,3-4,11-15H2,(H,28,30)(H,29,31)/t18-,21+/m1/s1. The van der Waals surface area contributed by atoms with E-state index >= 15 is 0 Å². The van der Waals surface area contributed by atoms with E-state index < -0.39 is 11.5 Å². The van der Waals surface area contributed by atoms with E-state index in [0.717, 1.165) is 36.0 Å². The summed E-state index contributed by atoms with van der Waals surface area (Å²) in [7, 11) is 0. The van der Waals surface area contributed by atoms with Crippen LogP contribution in [0.2, 0.25) is 0 Å². The van der Waals surface area contributed by atoms with E-state index in [1.165, 1.54) is 6.07 Å². The molecule has 1 heterocycles. The van der Waals surface area contributed by atoms with Gasteiger partial charge in [-0.25, -0.2) is 4.39 Å². The predicted octanol–water partition coefficient (Wildman–Crippen LogP) is 3.22.